The number of carbonyl (C=O) groups excluding carboxylic acids is 2. The molecule has 358 valence electrons. The highest BCUT2D eigenvalue weighted by molar-refractivity contribution is 7.47. The van der Waals surface area contributed by atoms with Crippen molar-refractivity contribution in [3.05, 3.63) is 72.9 Å². The second kappa shape index (κ2) is 41.2. The Morgan fingerprint density at radius 1 is 0.548 bits per heavy atom. The fourth-order valence-corrected chi connectivity index (χ4v) is 6.85. The average Bonchev–Trinajstić information content (AvgIpc) is 3.23. The number of ether oxygens (including phenoxy) is 2. The minimum Gasteiger partial charge on any atom is -0.462 e. The van der Waals surface area contributed by atoms with Crippen LogP contribution in [-0.4, -0.2) is 81.6 Å². The van der Waals surface area contributed by atoms with Gasteiger partial charge in [-0.3, -0.25) is 23.2 Å². The Kier molecular flexibility index (Phi) is 39.6. The standard InChI is InChI=1S/C46H80O14P2/c1-3-5-7-9-11-12-13-14-15-16-17-18-19-20-24-28-32-36-45(49)56-40-44(41-59-62(54,55)58-39-43(48)38-57-61(51,52)53)60-46(50)37-33-29-25-22-21-23-27-31-35-42(47)34-30-26-10-8-6-4-2/h6,8,14-15,22-23,25-27,30-31,35,42-44,47-48H,3-5,7,9-13,16-21,24,28-29,32-34,36-41H2,1-2H3,(H,54,55)(H2,51,52,53)/b8-6-,15-14-,25-22-,27-23-,30-26-,35-31+/t42?,43-,44+/m0/s1. The molecular formula is C46H80O14P2. The number of aliphatic hydroxyl groups is 2. The summed E-state index contributed by atoms with van der Waals surface area (Å²) >= 11 is 0. The van der Waals surface area contributed by atoms with Gasteiger partial charge >= 0.3 is 27.6 Å². The molecule has 16 heteroatoms. The second-order valence-electron chi connectivity index (χ2n) is 15.1. The minimum atomic E-state index is -4.88. The van der Waals surface area contributed by atoms with E-state index in [1.165, 1.54) is 57.8 Å². The number of esters is 2. The number of phosphoric acid groups is 2. The minimum absolute atomic E-state index is 0.0175. The summed E-state index contributed by atoms with van der Waals surface area (Å²) in [6, 6.07) is 0. The van der Waals surface area contributed by atoms with Crippen LogP contribution in [0.2, 0.25) is 0 Å². The van der Waals surface area contributed by atoms with Crippen molar-refractivity contribution in [2.45, 2.75) is 180 Å². The van der Waals surface area contributed by atoms with Crippen LogP contribution in [0.15, 0.2) is 72.9 Å². The van der Waals surface area contributed by atoms with E-state index in [1.54, 1.807) is 12.2 Å². The van der Waals surface area contributed by atoms with E-state index in [-0.39, 0.29) is 12.8 Å². The van der Waals surface area contributed by atoms with E-state index in [4.69, 9.17) is 23.8 Å². The third-order valence-electron chi connectivity index (χ3n) is 9.15. The number of hydrogen-bond donors (Lipinski definition) is 5. The molecule has 0 bridgehead atoms. The van der Waals surface area contributed by atoms with Gasteiger partial charge in [0.1, 0.15) is 12.7 Å². The first-order valence-electron chi connectivity index (χ1n) is 22.7. The molecule has 0 saturated carbocycles. The van der Waals surface area contributed by atoms with Crippen LogP contribution in [0.25, 0.3) is 0 Å². The molecule has 0 heterocycles. The molecular weight excluding hydrogens is 838 g/mol. The molecule has 62 heavy (non-hydrogen) atoms. The van der Waals surface area contributed by atoms with Gasteiger partial charge in [0.05, 0.1) is 25.9 Å². The van der Waals surface area contributed by atoms with E-state index in [9.17, 15) is 33.8 Å². The van der Waals surface area contributed by atoms with Crippen molar-refractivity contribution in [1.82, 2.24) is 0 Å². The van der Waals surface area contributed by atoms with Gasteiger partial charge in [-0.25, -0.2) is 9.13 Å². The molecule has 0 saturated heterocycles. The molecule has 0 rings (SSSR count). The van der Waals surface area contributed by atoms with Crippen molar-refractivity contribution < 1.29 is 66.7 Å². The van der Waals surface area contributed by atoms with Gasteiger partial charge in [0.2, 0.25) is 0 Å². The molecule has 0 aliphatic heterocycles. The van der Waals surface area contributed by atoms with Crippen LogP contribution in [0.5, 0.6) is 0 Å². The molecule has 14 nitrogen and oxygen atoms in total. The van der Waals surface area contributed by atoms with Crippen LogP contribution in [-0.2, 0) is 41.8 Å². The number of rotatable bonds is 42. The van der Waals surface area contributed by atoms with Crippen LogP contribution in [0, 0.1) is 0 Å². The quantitative estimate of drug-likeness (QED) is 0.0127. The summed E-state index contributed by atoms with van der Waals surface area (Å²) in [4.78, 5) is 52.7. The van der Waals surface area contributed by atoms with Gasteiger partial charge in [0.15, 0.2) is 6.10 Å². The van der Waals surface area contributed by atoms with E-state index >= 15 is 0 Å². The maximum absolute atomic E-state index is 12.7. The summed E-state index contributed by atoms with van der Waals surface area (Å²) in [5, 5.41) is 19.8. The first kappa shape index (κ1) is 59.5. The number of allylic oxidation sites excluding steroid dienone is 10. The fraction of sp³-hybridized carbons (Fsp3) is 0.696. The lowest BCUT2D eigenvalue weighted by Crippen LogP contribution is -2.29. The summed E-state index contributed by atoms with van der Waals surface area (Å²) in [6.45, 7) is 1.48. The molecule has 0 aliphatic carbocycles. The van der Waals surface area contributed by atoms with Crippen LogP contribution in [0.4, 0.5) is 0 Å². The average molecular weight is 919 g/mol. The molecule has 5 N–H and O–H groups in total. The Labute approximate surface area is 372 Å². The fourth-order valence-electron chi connectivity index (χ4n) is 5.70. The van der Waals surface area contributed by atoms with Crippen molar-refractivity contribution in [2.75, 3.05) is 26.4 Å². The second-order valence-corrected chi connectivity index (χ2v) is 17.8. The highest BCUT2D eigenvalue weighted by Gasteiger charge is 2.28. The molecule has 2 unspecified atom stereocenters. The maximum Gasteiger partial charge on any atom is 0.472 e. The Morgan fingerprint density at radius 2 is 1.08 bits per heavy atom. The third-order valence-corrected chi connectivity index (χ3v) is 10.6. The molecule has 0 radical (unpaired) electrons. The summed E-state index contributed by atoms with van der Waals surface area (Å²) in [5.41, 5.74) is 0. The highest BCUT2D eigenvalue weighted by atomic mass is 31.2. The number of carbonyl (C=O) groups is 2. The van der Waals surface area contributed by atoms with Gasteiger partial charge in [-0.1, -0.05) is 151 Å². The van der Waals surface area contributed by atoms with Crippen LogP contribution in [0.3, 0.4) is 0 Å². The van der Waals surface area contributed by atoms with Crippen LogP contribution in [0.1, 0.15) is 162 Å². The lowest BCUT2D eigenvalue weighted by atomic mass is 10.1. The summed E-state index contributed by atoms with van der Waals surface area (Å²) in [5.74, 6) is -1.15. The summed E-state index contributed by atoms with van der Waals surface area (Å²) in [7, 11) is -9.72. The molecule has 0 fully saturated rings. The molecule has 0 aromatic carbocycles. The van der Waals surface area contributed by atoms with Gasteiger partial charge < -0.3 is 34.4 Å². The zero-order chi connectivity index (χ0) is 46.0. The van der Waals surface area contributed by atoms with Crippen LogP contribution >= 0.6 is 15.6 Å². The predicted molar refractivity (Wildman–Crippen MR) is 245 cm³/mol. The van der Waals surface area contributed by atoms with Gasteiger partial charge in [0.25, 0.3) is 0 Å². The largest absolute Gasteiger partial charge is 0.472 e. The zero-order valence-electron chi connectivity index (χ0n) is 37.6. The molecule has 0 aromatic heterocycles. The van der Waals surface area contributed by atoms with Gasteiger partial charge in [-0.2, -0.15) is 0 Å². The summed E-state index contributed by atoms with van der Waals surface area (Å²) < 4.78 is 47.7. The SMILES string of the molecule is CC/C=C\C/C=C\CC(O)/C=C/C=C\C/C=C\CCCC(=O)O[C@H](COC(=O)CCCCCCCCC/C=C\CCCCCCCC)COP(=O)(O)OC[C@@H](O)COP(=O)(O)O. The van der Waals surface area contributed by atoms with Gasteiger partial charge in [0, 0.05) is 12.8 Å². The predicted octanol–water partition coefficient (Wildman–Crippen LogP) is 10.8. The lowest BCUT2D eigenvalue weighted by molar-refractivity contribution is -0.161. The van der Waals surface area contributed by atoms with E-state index in [2.05, 4.69) is 47.2 Å². The smallest absolute Gasteiger partial charge is 0.462 e. The van der Waals surface area contributed by atoms with E-state index in [0.717, 1.165) is 44.9 Å². The summed E-state index contributed by atoms with van der Waals surface area (Å²) in [6.07, 6.45) is 42.1. The van der Waals surface area contributed by atoms with Crippen molar-refractivity contribution in [1.29, 1.82) is 0 Å². The first-order chi connectivity index (χ1) is 29.8. The van der Waals surface area contributed by atoms with Crippen molar-refractivity contribution in [3.8, 4) is 0 Å². The monoisotopic (exact) mass is 919 g/mol. The zero-order valence-corrected chi connectivity index (χ0v) is 39.3. The topological polar surface area (TPSA) is 216 Å². The maximum atomic E-state index is 12.7. The number of unbranched alkanes of at least 4 members (excludes halogenated alkanes) is 14. The number of hydrogen-bond acceptors (Lipinski definition) is 11. The van der Waals surface area contributed by atoms with Gasteiger partial charge in [-0.15, -0.1) is 0 Å². The molecule has 0 amide bonds. The number of phosphoric ester groups is 2. The molecule has 0 spiro atoms. The molecule has 0 aliphatic rings. The highest BCUT2D eigenvalue weighted by Crippen LogP contribution is 2.43. The first-order valence-corrected chi connectivity index (χ1v) is 25.8. The normalized spacial score (nSPS) is 15.1. The van der Waals surface area contributed by atoms with Crippen LogP contribution < -0.4 is 0 Å². The van der Waals surface area contributed by atoms with E-state index in [0.29, 0.717) is 32.1 Å². The van der Waals surface area contributed by atoms with Crippen molar-refractivity contribution >= 4 is 27.6 Å². The molecule has 4 atom stereocenters. The number of aliphatic hydroxyl groups excluding tert-OH is 2. The Hall–Kier alpha value is -2.48. The van der Waals surface area contributed by atoms with Gasteiger partial charge in [-0.05, 0) is 70.6 Å². The third kappa shape index (κ3) is 44.1. The van der Waals surface area contributed by atoms with Crippen molar-refractivity contribution in [2.24, 2.45) is 0 Å². The van der Waals surface area contributed by atoms with Crippen molar-refractivity contribution in [3.63, 3.8) is 0 Å². The lowest BCUT2D eigenvalue weighted by Gasteiger charge is -2.20. The van der Waals surface area contributed by atoms with E-state index in [1.807, 2.05) is 36.5 Å². The Morgan fingerprint density at radius 3 is 1.74 bits per heavy atom. The Bertz CT molecular complexity index is 1390. The Balaban J connectivity index is 4.66. The molecule has 0 aromatic rings. The van der Waals surface area contributed by atoms with E-state index < -0.39 is 72.3 Å².